The maximum atomic E-state index is 12.1. The molecule has 0 unspecified atom stereocenters. The fraction of sp³-hybridized carbons (Fsp3) is 0.529. The zero-order valence-corrected chi connectivity index (χ0v) is 13.8. The first kappa shape index (κ1) is 16.6. The van der Waals surface area contributed by atoms with Gasteiger partial charge in [-0.1, -0.05) is 0 Å². The highest BCUT2D eigenvalue weighted by Gasteiger charge is 2.41. The lowest BCUT2D eigenvalue weighted by Gasteiger charge is -2.19. The molecule has 1 aromatic rings. The van der Waals surface area contributed by atoms with Crippen molar-refractivity contribution in [2.24, 2.45) is 0 Å². The number of hydrogen-bond donors (Lipinski definition) is 2. The summed E-state index contributed by atoms with van der Waals surface area (Å²) in [6.45, 7) is 2.38. The molecule has 0 radical (unpaired) electrons. The molecule has 3 rings (SSSR count). The van der Waals surface area contributed by atoms with Gasteiger partial charge < -0.3 is 24.8 Å². The first-order valence-corrected chi connectivity index (χ1v) is 8.18. The summed E-state index contributed by atoms with van der Waals surface area (Å²) in [6, 6.07) is 4.91. The summed E-state index contributed by atoms with van der Waals surface area (Å²) < 4.78 is 16.3. The molecule has 2 aliphatic heterocycles. The van der Waals surface area contributed by atoms with Crippen molar-refractivity contribution in [1.29, 1.82) is 0 Å². The van der Waals surface area contributed by atoms with Crippen LogP contribution in [0.15, 0.2) is 18.2 Å². The van der Waals surface area contributed by atoms with Crippen molar-refractivity contribution < 1.29 is 23.8 Å². The fourth-order valence-electron chi connectivity index (χ4n) is 3.23. The smallest absolute Gasteiger partial charge is 0.313 e. The minimum atomic E-state index is -0.705. The average Bonchev–Trinajstić information content (AvgIpc) is 3.19. The minimum absolute atomic E-state index is 0.0392. The first-order valence-electron chi connectivity index (χ1n) is 8.18. The molecular formula is C17H22N2O5. The summed E-state index contributed by atoms with van der Waals surface area (Å²) in [7, 11) is 1.52. The third kappa shape index (κ3) is 3.46. The van der Waals surface area contributed by atoms with Crippen LogP contribution in [0.5, 0.6) is 11.5 Å². The van der Waals surface area contributed by atoms with Crippen LogP contribution in [0.4, 0.5) is 5.69 Å². The van der Waals surface area contributed by atoms with Gasteiger partial charge in [-0.25, -0.2) is 0 Å². The van der Waals surface area contributed by atoms with Gasteiger partial charge >= 0.3 is 11.8 Å². The van der Waals surface area contributed by atoms with E-state index in [0.717, 1.165) is 19.3 Å². The summed E-state index contributed by atoms with van der Waals surface area (Å²) in [6.07, 6.45) is 3.01. The Kier molecular flexibility index (Phi) is 4.89. The molecule has 2 heterocycles. The van der Waals surface area contributed by atoms with Gasteiger partial charge in [0.2, 0.25) is 0 Å². The quantitative estimate of drug-likeness (QED) is 0.797. The third-order valence-electron chi connectivity index (χ3n) is 4.35. The van der Waals surface area contributed by atoms with E-state index < -0.39 is 11.8 Å². The van der Waals surface area contributed by atoms with Gasteiger partial charge in [0.05, 0.1) is 32.0 Å². The maximum absolute atomic E-state index is 12.1. The second-order valence-corrected chi connectivity index (χ2v) is 5.94. The van der Waals surface area contributed by atoms with E-state index in [2.05, 4.69) is 10.6 Å². The van der Waals surface area contributed by atoms with Crippen LogP contribution in [0.2, 0.25) is 0 Å². The Hall–Kier alpha value is -2.28. The number of methoxy groups -OCH3 is 1. The lowest BCUT2D eigenvalue weighted by molar-refractivity contribution is -0.136. The first-order chi connectivity index (χ1) is 11.6. The second-order valence-electron chi connectivity index (χ2n) is 5.94. The van der Waals surface area contributed by atoms with Crippen LogP contribution in [-0.2, 0) is 14.3 Å². The van der Waals surface area contributed by atoms with Gasteiger partial charge in [0.1, 0.15) is 0 Å². The second kappa shape index (κ2) is 7.09. The monoisotopic (exact) mass is 334 g/mol. The number of hydrogen-bond acceptors (Lipinski definition) is 5. The van der Waals surface area contributed by atoms with Crippen LogP contribution in [0.3, 0.4) is 0 Å². The molecule has 130 valence electrons. The van der Waals surface area contributed by atoms with Crippen molar-refractivity contribution in [2.45, 2.75) is 44.4 Å². The lowest BCUT2D eigenvalue weighted by Crippen LogP contribution is -2.46. The maximum Gasteiger partial charge on any atom is 0.313 e. The highest BCUT2D eigenvalue weighted by atomic mass is 16.5. The Labute approximate surface area is 140 Å². The highest BCUT2D eigenvalue weighted by molar-refractivity contribution is 6.39. The molecule has 7 nitrogen and oxygen atoms in total. The van der Waals surface area contributed by atoms with E-state index in [0.29, 0.717) is 23.8 Å². The predicted molar refractivity (Wildman–Crippen MR) is 87.2 cm³/mol. The number of anilines is 1. The van der Waals surface area contributed by atoms with Crippen molar-refractivity contribution in [1.82, 2.24) is 5.32 Å². The number of fused-ring (bicyclic) bond motifs is 2. The molecule has 2 N–H and O–H groups in total. The Morgan fingerprint density at radius 1 is 1.25 bits per heavy atom. The van der Waals surface area contributed by atoms with Crippen LogP contribution in [-0.4, -0.2) is 43.8 Å². The molecule has 0 aromatic heterocycles. The van der Waals surface area contributed by atoms with Gasteiger partial charge in [0.15, 0.2) is 11.5 Å². The van der Waals surface area contributed by atoms with Gasteiger partial charge in [-0.2, -0.15) is 0 Å². The van der Waals surface area contributed by atoms with E-state index in [4.69, 9.17) is 14.2 Å². The Morgan fingerprint density at radius 3 is 2.71 bits per heavy atom. The van der Waals surface area contributed by atoms with Crippen molar-refractivity contribution in [3.8, 4) is 11.5 Å². The van der Waals surface area contributed by atoms with Crippen molar-refractivity contribution in [3.63, 3.8) is 0 Å². The molecule has 0 aliphatic carbocycles. The van der Waals surface area contributed by atoms with Crippen molar-refractivity contribution in [3.05, 3.63) is 18.2 Å². The molecule has 2 amide bonds. The number of rotatable bonds is 5. The summed E-state index contributed by atoms with van der Waals surface area (Å²) >= 11 is 0. The molecule has 3 atom stereocenters. The Morgan fingerprint density at radius 2 is 2.08 bits per heavy atom. The van der Waals surface area contributed by atoms with Gasteiger partial charge in [-0.3, -0.25) is 9.59 Å². The molecule has 7 heteroatoms. The van der Waals surface area contributed by atoms with E-state index in [-0.39, 0.29) is 18.2 Å². The van der Waals surface area contributed by atoms with Crippen molar-refractivity contribution >= 4 is 17.5 Å². The standard InChI is InChI=1S/C17H22N2O5/c1-3-23-14-6-4-10(8-15(14)22-2)18-16(20)17(21)19-12-9-11-5-7-13(12)24-11/h4,6,8,11-13H,3,5,7,9H2,1-2H3,(H,18,20)(H,19,21)/t11-,12-,13+/m1/s1. The normalized spacial score (nSPS) is 24.5. The number of benzene rings is 1. The number of nitrogens with one attached hydrogen (secondary N) is 2. The molecule has 2 fully saturated rings. The van der Waals surface area contributed by atoms with Gasteiger partial charge in [-0.05, 0) is 38.3 Å². The Bertz CT molecular complexity index is 633. The van der Waals surface area contributed by atoms with E-state index in [9.17, 15) is 9.59 Å². The number of amides is 2. The molecule has 0 saturated carbocycles. The molecule has 0 spiro atoms. The topological polar surface area (TPSA) is 85.9 Å². The van der Waals surface area contributed by atoms with Crippen LogP contribution in [0.25, 0.3) is 0 Å². The van der Waals surface area contributed by atoms with Crippen LogP contribution in [0, 0.1) is 0 Å². The van der Waals surface area contributed by atoms with E-state index in [1.807, 2.05) is 6.92 Å². The Balaban J connectivity index is 1.58. The van der Waals surface area contributed by atoms with E-state index >= 15 is 0 Å². The SMILES string of the molecule is CCOc1ccc(NC(=O)C(=O)N[C@@H]2C[C@H]3CC[C@@H]2O3)cc1OC. The van der Waals surface area contributed by atoms with E-state index in [1.54, 1.807) is 18.2 Å². The zero-order chi connectivity index (χ0) is 17.1. The predicted octanol–water partition coefficient (Wildman–Crippen LogP) is 1.47. The largest absolute Gasteiger partial charge is 0.493 e. The van der Waals surface area contributed by atoms with E-state index in [1.165, 1.54) is 7.11 Å². The summed E-state index contributed by atoms with van der Waals surface area (Å²) in [4.78, 5) is 24.1. The van der Waals surface area contributed by atoms with Crippen LogP contribution < -0.4 is 20.1 Å². The van der Waals surface area contributed by atoms with Crippen LogP contribution in [0.1, 0.15) is 26.2 Å². The average molecular weight is 334 g/mol. The minimum Gasteiger partial charge on any atom is -0.493 e. The number of carbonyl (C=O) groups excluding carboxylic acids is 2. The molecular weight excluding hydrogens is 312 g/mol. The molecule has 2 bridgehead atoms. The highest BCUT2D eigenvalue weighted by Crippen LogP contribution is 2.34. The van der Waals surface area contributed by atoms with Gasteiger partial charge in [0.25, 0.3) is 0 Å². The van der Waals surface area contributed by atoms with Crippen molar-refractivity contribution in [2.75, 3.05) is 19.0 Å². The van der Waals surface area contributed by atoms with Gasteiger partial charge in [-0.15, -0.1) is 0 Å². The lowest BCUT2D eigenvalue weighted by atomic mass is 9.95. The fourth-order valence-corrected chi connectivity index (χ4v) is 3.23. The summed E-state index contributed by atoms with van der Waals surface area (Å²) in [5, 5.41) is 5.34. The number of ether oxygens (including phenoxy) is 3. The van der Waals surface area contributed by atoms with Gasteiger partial charge in [0, 0.05) is 11.8 Å². The molecule has 1 aromatic carbocycles. The molecule has 2 saturated heterocycles. The zero-order valence-electron chi connectivity index (χ0n) is 13.8. The molecule has 2 aliphatic rings. The third-order valence-corrected chi connectivity index (χ3v) is 4.35. The summed E-state index contributed by atoms with van der Waals surface area (Å²) in [5.41, 5.74) is 0.472. The number of carbonyl (C=O) groups is 2. The molecule has 24 heavy (non-hydrogen) atoms. The van der Waals surface area contributed by atoms with Crippen LogP contribution >= 0.6 is 0 Å². The summed E-state index contributed by atoms with van der Waals surface area (Å²) in [5.74, 6) is -0.272.